The molecule has 1 aliphatic heterocycles. The van der Waals surface area contributed by atoms with Crippen molar-refractivity contribution in [1.82, 2.24) is 0 Å². The Bertz CT molecular complexity index is 680. The summed E-state index contributed by atoms with van der Waals surface area (Å²) in [5.74, 6) is 1.88. The summed E-state index contributed by atoms with van der Waals surface area (Å²) in [4.78, 5) is 11.4. The van der Waals surface area contributed by atoms with Crippen molar-refractivity contribution < 1.29 is 19.0 Å². The van der Waals surface area contributed by atoms with Crippen molar-refractivity contribution in [2.75, 3.05) is 19.1 Å². The molecule has 0 unspecified atom stereocenters. The van der Waals surface area contributed by atoms with Gasteiger partial charge in [-0.3, -0.25) is 4.79 Å². The molecule has 0 aliphatic carbocycles. The van der Waals surface area contributed by atoms with Gasteiger partial charge in [0, 0.05) is 22.9 Å². The highest BCUT2D eigenvalue weighted by Gasteiger charge is 2.24. The number of carbonyl (C=O) groups excluding carboxylic acids is 1. The summed E-state index contributed by atoms with van der Waals surface area (Å²) in [5.41, 5.74) is 8.19. The van der Waals surface area contributed by atoms with Crippen molar-refractivity contribution >= 4 is 12.0 Å². The minimum absolute atomic E-state index is 0.126. The average molecular weight is 285 g/mol. The molecule has 1 aliphatic rings. The number of ether oxygens (including phenoxy) is 3. The Labute approximate surface area is 122 Å². The highest BCUT2D eigenvalue weighted by Crippen LogP contribution is 2.45. The number of anilines is 1. The van der Waals surface area contributed by atoms with E-state index in [2.05, 4.69) is 0 Å². The van der Waals surface area contributed by atoms with E-state index < -0.39 is 0 Å². The number of carbonyl (C=O) groups is 1. The lowest BCUT2D eigenvalue weighted by Crippen LogP contribution is -1.98. The Hall–Kier alpha value is -2.69. The molecule has 2 N–H and O–H groups in total. The molecule has 0 atom stereocenters. The molecule has 0 saturated heterocycles. The van der Waals surface area contributed by atoms with E-state index in [1.807, 2.05) is 31.2 Å². The summed E-state index contributed by atoms with van der Waals surface area (Å²) in [5, 5.41) is 0. The van der Waals surface area contributed by atoms with E-state index in [9.17, 15) is 4.79 Å². The molecule has 21 heavy (non-hydrogen) atoms. The fourth-order valence-corrected chi connectivity index (χ4v) is 2.37. The predicted molar refractivity (Wildman–Crippen MR) is 79.0 cm³/mol. The quantitative estimate of drug-likeness (QED) is 0.691. The van der Waals surface area contributed by atoms with Crippen LogP contribution >= 0.6 is 0 Å². The van der Waals surface area contributed by atoms with Crippen LogP contribution in [0.25, 0.3) is 11.1 Å². The van der Waals surface area contributed by atoms with Crippen LogP contribution < -0.4 is 19.9 Å². The summed E-state index contributed by atoms with van der Waals surface area (Å²) < 4.78 is 16.3. The maximum absolute atomic E-state index is 11.4. The van der Waals surface area contributed by atoms with Crippen LogP contribution in [0, 0.1) is 0 Å². The molecule has 2 aromatic carbocycles. The van der Waals surface area contributed by atoms with Gasteiger partial charge in [-0.1, -0.05) is 12.1 Å². The van der Waals surface area contributed by atoms with Gasteiger partial charge in [0.25, 0.3) is 0 Å². The number of nitrogens with two attached hydrogens (primary N) is 1. The van der Waals surface area contributed by atoms with Crippen LogP contribution in [-0.2, 0) is 0 Å². The fourth-order valence-electron chi connectivity index (χ4n) is 2.37. The third kappa shape index (κ3) is 2.27. The molecule has 3 rings (SSSR count). The third-order valence-electron chi connectivity index (χ3n) is 3.31. The van der Waals surface area contributed by atoms with Crippen molar-refractivity contribution in [3.63, 3.8) is 0 Å². The molecular weight excluding hydrogens is 270 g/mol. The van der Waals surface area contributed by atoms with Gasteiger partial charge in [-0.25, -0.2) is 0 Å². The first kappa shape index (κ1) is 13.3. The number of hydrogen-bond donors (Lipinski definition) is 1. The topological polar surface area (TPSA) is 70.8 Å². The Balaban J connectivity index is 2.14. The summed E-state index contributed by atoms with van der Waals surface area (Å²) in [6.45, 7) is 2.65. The zero-order valence-electron chi connectivity index (χ0n) is 11.6. The van der Waals surface area contributed by atoms with Gasteiger partial charge in [0.2, 0.25) is 6.79 Å². The van der Waals surface area contributed by atoms with E-state index >= 15 is 0 Å². The van der Waals surface area contributed by atoms with Gasteiger partial charge in [0.15, 0.2) is 17.8 Å². The number of rotatable bonds is 4. The molecule has 0 saturated carbocycles. The minimum atomic E-state index is 0.126. The summed E-state index contributed by atoms with van der Waals surface area (Å²) in [7, 11) is 0. The van der Waals surface area contributed by atoms with Crippen LogP contribution in [0.1, 0.15) is 17.3 Å². The lowest BCUT2D eigenvalue weighted by Gasteiger charge is -2.12. The predicted octanol–water partition coefficient (Wildman–Crippen LogP) is 2.88. The molecule has 0 bridgehead atoms. The molecule has 0 spiro atoms. The van der Waals surface area contributed by atoms with Crippen LogP contribution in [0.5, 0.6) is 17.2 Å². The molecule has 0 aromatic heterocycles. The highest BCUT2D eigenvalue weighted by atomic mass is 16.7. The monoisotopic (exact) mass is 285 g/mol. The highest BCUT2D eigenvalue weighted by molar-refractivity contribution is 5.98. The van der Waals surface area contributed by atoms with Crippen molar-refractivity contribution in [2.45, 2.75) is 6.92 Å². The Morgan fingerprint density at radius 1 is 1.29 bits per heavy atom. The van der Waals surface area contributed by atoms with Crippen molar-refractivity contribution in [3.05, 3.63) is 35.9 Å². The van der Waals surface area contributed by atoms with Gasteiger partial charge in [0.1, 0.15) is 5.75 Å². The number of hydrogen-bond acceptors (Lipinski definition) is 5. The zero-order valence-corrected chi connectivity index (χ0v) is 11.6. The lowest BCUT2D eigenvalue weighted by molar-refractivity contribution is 0.112. The molecule has 5 heteroatoms. The van der Waals surface area contributed by atoms with E-state index in [-0.39, 0.29) is 6.79 Å². The number of nitrogen functional groups attached to an aromatic ring is 1. The Morgan fingerprint density at radius 2 is 2.05 bits per heavy atom. The van der Waals surface area contributed by atoms with Crippen LogP contribution in [-0.4, -0.2) is 19.7 Å². The second kappa shape index (κ2) is 5.36. The largest absolute Gasteiger partial charge is 0.494 e. The van der Waals surface area contributed by atoms with Crippen LogP contribution in [0.4, 0.5) is 5.69 Å². The van der Waals surface area contributed by atoms with E-state index in [1.165, 1.54) is 0 Å². The van der Waals surface area contributed by atoms with Crippen molar-refractivity contribution in [3.8, 4) is 28.4 Å². The average Bonchev–Trinajstić information content (AvgIpc) is 2.95. The molecular formula is C16H15NO4. The molecule has 0 fully saturated rings. The van der Waals surface area contributed by atoms with E-state index in [0.717, 1.165) is 17.6 Å². The third-order valence-corrected chi connectivity index (χ3v) is 3.31. The van der Waals surface area contributed by atoms with Crippen LogP contribution in [0.15, 0.2) is 30.3 Å². The number of aldehydes is 1. The normalized spacial score (nSPS) is 12.2. The van der Waals surface area contributed by atoms with Crippen molar-refractivity contribution in [2.24, 2.45) is 0 Å². The molecule has 5 nitrogen and oxygen atoms in total. The van der Waals surface area contributed by atoms with Crippen LogP contribution in [0.2, 0.25) is 0 Å². The van der Waals surface area contributed by atoms with Gasteiger partial charge in [0.05, 0.1) is 6.61 Å². The van der Waals surface area contributed by atoms with Gasteiger partial charge in [-0.05, 0) is 24.6 Å². The molecule has 108 valence electrons. The first-order valence-corrected chi connectivity index (χ1v) is 6.65. The minimum Gasteiger partial charge on any atom is -0.494 e. The fraction of sp³-hybridized carbons (Fsp3) is 0.188. The number of benzene rings is 2. The van der Waals surface area contributed by atoms with Crippen molar-refractivity contribution in [1.29, 1.82) is 0 Å². The molecule has 1 heterocycles. The molecule has 0 amide bonds. The maximum Gasteiger partial charge on any atom is 0.231 e. The lowest BCUT2D eigenvalue weighted by atomic mass is 9.97. The standard InChI is InChI=1S/C16H15NO4/c1-2-19-11-5-3-10(4-6-11)15-12(8-18)13(17)7-14-16(15)21-9-20-14/h3-8H,2,9,17H2,1H3. The first-order chi connectivity index (χ1) is 10.2. The Kier molecular flexibility index (Phi) is 3.39. The summed E-state index contributed by atoms with van der Waals surface area (Å²) in [6, 6.07) is 9.05. The molecule has 0 radical (unpaired) electrons. The van der Waals surface area contributed by atoms with E-state index in [0.29, 0.717) is 34.9 Å². The second-order valence-corrected chi connectivity index (χ2v) is 4.56. The van der Waals surface area contributed by atoms with Gasteiger partial charge < -0.3 is 19.9 Å². The molecule has 2 aromatic rings. The van der Waals surface area contributed by atoms with E-state index in [1.54, 1.807) is 6.07 Å². The first-order valence-electron chi connectivity index (χ1n) is 6.65. The van der Waals surface area contributed by atoms with E-state index in [4.69, 9.17) is 19.9 Å². The zero-order chi connectivity index (χ0) is 14.8. The SMILES string of the molecule is CCOc1ccc(-c2c(C=O)c(N)cc3c2OCO3)cc1. The second-order valence-electron chi connectivity index (χ2n) is 4.56. The summed E-state index contributed by atoms with van der Waals surface area (Å²) in [6.07, 6.45) is 0.739. The van der Waals surface area contributed by atoms with Gasteiger partial charge in [-0.2, -0.15) is 0 Å². The smallest absolute Gasteiger partial charge is 0.231 e. The maximum atomic E-state index is 11.4. The van der Waals surface area contributed by atoms with Gasteiger partial charge in [-0.15, -0.1) is 0 Å². The number of fused-ring (bicyclic) bond motifs is 1. The summed E-state index contributed by atoms with van der Waals surface area (Å²) >= 11 is 0. The Morgan fingerprint density at radius 3 is 2.71 bits per heavy atom. The van der Waals surface area contributed by atoms with Crippen LogP contribution in [0.3, 0.4) is 0 Å². The van der Waals surface area contributed by atoms with Gasteiger partial charge >= 0.3 is 0 Å².